The molecular weight excluding hydrogens is 154 g/mol. The molecule has 2 rings (SSSR count). The summed E-state index contributed by atoms with van der Waals surface area (Å²) in [5, 5.41) is 0. The SMILES string of the molecule is COC1CCN(CC2CO2)CC1. The lowest BCUT2D eigenvalue weighted by Crippen LogP contribution is -2.38. The van der Waals surface area contributed by atoms with Crippen LogP contribution in [0, 0.1) is 0 Å². The van der Waals surface area contributed by atoms with Gasteiger partial charge in [-0.05, 0) is 12.8 Å². The third-order valence-corrected chi connectivity index (χ3v) is 2.73. The zero-order valence-corrected chi connectivity index (χ0v) is 7.66. The van der Waals surface area contributed by atoms with Crippen molar-refractivity contribution in [2.45, 2.75) is 25.0 Å². The van der Waals surface area contributed by atoms with Crippen molar-refractivity contribution in [3.8, 4) is 0 Å². The molecule has 2 heterocycles. The number of nitrogens with zero attached hydrogens (tertiary/aromatic N) is 1. The molecule has 2 fully saturated rings. The molecule has 2 aliphatic heterocycles. The summed E-state index contributed by atoms with van der Waals surface area (Å²) in [5.74, 6) is 0. The van der Waals surface area contributed by atoms with Crippen LogP contribution in [0.1, 0.15) is 12.8 Å². The maximum atomic E-state index is 5.30. The van der Waals surface area contributed by atoms with E-state index in [1.807, 2.05) is 7.11 Å². The summed E-state index contributed by atoms with van der Waals surface area (Å²) < 4.78 is 10.5. The molecule has 2 saturated heterocycles. The molecule has 0 aliphatic carbocycles. The largest absolute Gasteiger partial charge is 0.381 e. The molecule has 12 heavy (non-hydrogen) atoms. The van der Waals surface area contributed by atoms with Gasteiger partial charge < -0.3 is 14.4 Å². The van der Waals surface area contributed by atoms with E-state index in [9.17, 15) is 0 Å². The number of piperidine rings is 1. The maximum absolute atomic E-state index is 5.30. The number of ether oxygens (including phenoxy) is 2. The molecule has 0 spiro atoms. The van der Waals surface area contributed by atoms with Crippen molar-refractivity contribution in [3.63, 3.8) is 0 Å². The Bertz CT molecular complexity index is 139. The number of rotatable bonds is 3. The molecule has 0 N–H and O–H groups in total. The van der Waals surface area contributed by atoms with Crippen molar-refractivity contribution in [3.05, 3.63) is 0 Å². The fraction of sp³-hybridized carbons (Fsp3) is 1.00. The quantitative estimate of drug-likeness (QED) is 0.578. The number of epoxide rings is 1. The zero-order valence-electron chi connectivity index (χ0n) is 7.66. The van der Waals surface area contributed by atoms with Crippen LogP contribution in [0.5, 0.6) is 0 Å². The molecule has 0 saturated carbocycles. The summed E-state index contributed by atoms with van der Waals surface area (Å²) in [5.41, 5.74) is 0. The molecule has 3 heteroatoms. The summed E-state index contributed by atoms with van der Waals surface area (Å²) in [6.07, 6.45) is 3.41. The van der Waals surface area contributed by atoms with Gasteiger partial charge in [0.05, 0.1) is 18.8 Å². The highest BCUT2D eigenvalue weighted by Gasteiger charge is 2.27. The molecule has 0 aromatic carbocycles. The van der Waals surface area contributed by atoms with Crippen molar-refractivity contribution in [2.75, 3.05) is 33.4 Å². The van der Waals surface area contributed by atoms with Crippen molar-refractivity contribution >= 4 is 0 Å². The third-order valence-electron chi connectivity index (χ3n) is 2.73. The van der Waals surface area contributed by atoms with Crippen molar-refractivity contribution < 1.29 is 9.47 Å². The van der Waals surface area contributed by atoms with E-state index >= 15 is 0 Å². The first kappa shape index (κ1) is 8.48. The Labute approximate surface area is 73.6 Å². The fourth-order valence-electron chi connectivity index (χ4n) is 1.79. The van der Waals surface area contributed by atoms with Crippen LogP contribution in [0.2, 0.25) is 0 Å². The Kier molecular flexibility index (Phi) is 2.63. The maximum Gasteiger partial charge on any atom is 0.0936 e. The Morgan fingerprint density at radius 2 is 2.08 bits per heavy atom. The molecule has 1 unspecified atom stereocenters. The van der Waals surface area contributed by atoms with Crippen LogP contribution in [0.3, 0.4) is 0 Å². The molecule has 70 valence electrons. The molecule has 3 nitrogen and oxygen atoms in total. The summed E-state index contributed by atoms with van der Waals surface area (Å²) in [7, 11) is 1.81. The van der Waals surface area contributed by atoms with E-state index in [4.69, 9.17) is 9.47 Å². The van der Waals surface area contributed by atoms with Crippen LogP contribution in [0.15, 0.2) is 0 Å². The third kappa shape index (κ3) is 2.19. The van der Waals surface area contributed by atoms with Gasteiger partial charge in [-0.3, -0.25) is 0 Å². The Hall–Kier alpha value is -0.120. The molecule has 1 atom stereocenters. The summed E-state index contributed by atoms with van der Waals surface area (Å²) >= 11 is 0. The summed E-state index contributed by atoms with van der Waals surface area (Å²) in [6.45, 7) is 4.47. The van der Waals surface area contributed by atoms with Gasteiger partial charge in [-0.15, -0.1) is 0 Å². The average Bonchev–Trinajstić information content (AvgIpc) is 2.90. The predicted octanol–water partition coefficient (Wildman–Crippen LogP) is 0.496. The van der Waals surface area contributed by atoms with Crippen LogP contribution >= 0.6 is 0 Å². The first-order valence-corrected chi connectivity index (χ1v) is 4.75. The van der Waals surface area contributed by atoms with Crippen LogP contribution in [-0.4, -0.2) is 50.5 Å². The first-order valence-electron chi connectivity index (χ1n) is 4.75. The molecular formula is C9H17NO2. The Morgan fingerprint density at radius 3 is 2.58 bits per heavy atom. The molecule has 0 amide bonds. The van der Waals surface area contributed by atoms with Gasteiger partial charge in [-0.25, -0.2) is 0 Å². The topological polar surface area (TPSA) is 25.0 Å². The Balaban J connectivity index is 1.66. The number of likely N-dealkylation sites (tertiary alicyclic amines) is 1. The normalized spacial score (nSPS) is 32.2. The van der Waals surface area contributed by atoms with Gasteiger partial charge in [0, 0.05) is 26.7 Å². The monoisotopic (exact) mass is 171 g/mol. The number of methoxy groups -OCH3 is 1. The minimum absolute atomic E-state index is 0.501. The second-order valence-corrected chi connectivity index (χ2v) is 3.69. The lowest BCUT2D eigenvalue weighted by Gasteiger charge is -2.30. The van der Waals surface area contributed by atoms with Crippen molar-refractivity contribution in [2.24, 2.45) is 0 Å². The van der Waals surface area contributed by atoms with Gasteiger partial charge in [0.1, 0.15) is 0 Å². The van der Waals surface area contributed by atoms with E-state index in [0.717, 1.165) is 13.2 Å². The van der Waals surface area contributed by atoms with E-state index in [0.29, 0.717) is 12.2 Å². The molecule has 0 aromatic rings. The average molecular weight is 171 g/mol. The number of hydrogen-bond donors (Lipinski definition) is 0. The minimum atomic E-state index is 0.501. The highest BCUT2D eigenvalue weighted by molar-refractivity contribution is 4.78. The van der Waals surface area contributed by atoms with Gasteiger partial charge in [-0.1, -0.05) is 0 Å². The van der Waals surface area contributed by atoms with Crippen LogP contribution in [0.25, 0.3) is 0 Å². The lowest BCUT2D eigenvalue weighted by molar-refractivity contribution is 0.0393. The van der Waals surface area contributed by atoms with E-state index in [2.05, 4.69) is 4.90 Å². The molecule has 2 aliphatic rings. The van der Waals surface area contributed by atoms with Gasteiger partial charge in [0.15, 0.2) is 0 Å². The van der Waals surface area contributed by atoms with E-state index < -0.39 is 0 Å². The van der Waals surface area contributed by atoms with E-state index in [1.165, 1.54) is 25.9 Å². The van der Waals surface area contributed by atoms with Crippen LogP contribution in [-0.2, 0) is 9.47 Å². The van der Waals surface area contributed by atoms with Gasteiger partial charge >= 0.3 is 0 Å². The highest BCUT2D eigenvalue weighted by Crippen LogP contribution is 2.16. The molecule has 0 radical (unpaired) electrons. The predicted molar refractivity (Wildman–Crippen MR) is 46.2 cm³/mol. The Morgan fingerprint density at radius 1 is 1.42 bits per heavy atom. The minimum Gasteiger partial charge on any atom is -0.381 e. The standard InChI is InChI=1S/C9H17NO2/c1-11-8-2-4-10(5-3-8)6-9-7-12-9/h8-9H,2-7H2,1H3. The smallest absolute Gasteiger partial charge is 0.0936 e. The van der Waals surface area contributed by atoms with Gasteiger partial charge in [0.25, 0.3) is 0 Å². The van der Waals surface area contributed by atoms with Crippen LogP contribution < -0.4 is 0 Å². The second kappa shape index (κ2) is 3.73. The first-order chi connectivity index (χ1) is 5.88. The zero-order chi connectivity index (χ0) is 8.39. The molecule has 0 aromatic heterocycles. The van der Waals surface area contributed by atoms with Crippen molar-refractivity contribution in [1.29, 1.82) is 0 Å². The highest BCUT2D eigenvalue weighted by atomic mass is 16.6. The summed E-state index contributed by atoms with van der Waals surface area (Å²) in [4.78, 5) is 2.48. The summed E-state index contributed by atoms with van der Waals surface area (Å²) in [6, 6.07) is 0. The lowest BCUT2D eigenvalue weighted by atomic mass is 10.1. The second-order valence-electron chi connectivity index (χ2n) is 3.69. The van der Waals surface area contributed by atoms with Gasteiger partial charge in [-0.2, -0.15) is 0 Å². The molecule has 0 bridgehead atoms. The van der Waals surface area contributed by atoms with Crippen molar-refractivity contribution in [1.82, 2.24) is 4.90 Å². The van der Waals surface area contributed by atoms with E-state index in [1.54, 1.807) is 0 Å². The number of hydrogen-bond acceptors (Lipinski definition) is 3. The van der Waals surface area contributed by atoms with Gasteiger partial charge in [0.2, 0.25) is 0 Å². The fourth-order valence-corrected chi connectivity index (χ4v) is 1.79. The van der Waals surface area contributed by atoms with E-state index in [-0.39, 0.29) is 0 Å². The van der Waals surface area contributed by atoms with Crippen LogP contribution in [0.4, 0.5) is 0 Å².